The third kappa shape index (κ3) is 4.55. The van der Waals surface area contributed by atoms with Crippen LogP contribution >= 0.6 is 34.4 Å². The Morgan fingerprint density at radius 1 is 1.40 bits per heavy atom. The molecular formula is C13H14N8OS3. The lowest BCUT2D eigenvalue weighted by atomic mass is 10.3. The predicted octanol–water partition coefficient (Wildman–Crippen LogP) is 2.08. The Kier molecular flexibility index (Phi) is 5.63. The van der Waals surface area contributed by atoms with E-state index in [1.54, 1.807) is 22.9 Å². The number of carbonyl (C=O) groups excluding carboxylic acids is 1. The number of thiazole rings is 1. The summed E-state index contributed by atoms with van der Waals surface area (Å²) in [5.41, 5.74) is 3.60. The highest BCUT2D eigenvalue weighted by atomic mass is 32.2. The second-order valence-corrected chi connectivity index (χ2v) is 7.42. The quantitative estimate of drug-likeness (QED) is 0.243. The monoisotopic (exact) mass is 394 g/mol. The molecule has 25 heavy (non-hydrogen) atoms. The van der Waals surface area contributed by atoms with Crippen molar-refractivity contribution < 1.29 is 4.79 Å². The molecule has 9 nitrogen and oxygen atoms in total. The number of carbonyl (C=O) groups is 1. The van der Waals surface area contributed by atoms with E-state index >= 15 is 0 Å². The van der Waals surface area contributed by atoms with Crippen LogP contribution in [0, 0.1) is 0 Å². The molecule has 4 N–H and O–H groups in total. The molecule has 3 aromatic rings. The maximum absolute atomic E-state index is 11.8. The fourth-order valence-electron chi connectivity index (χ4n) is 1.70. The minimum absolute atomic E-state index is 0.145. The second kappa shape index (κ2) is 8.09. The summed E-state index contributed by atoms with van der Waals surface area (Å²) < 4.78 is 1.26. The minimum Gasteiger partial charge on any atom is -0.334 e. The van der Waals surface area contributed by atoms with Crippen LogP contribution in [0.3, 0.4) is 0 Å². The van der Waals surface area contributed by atoms with Gasteiger partial charge < -0.3 is 11.2 Å². The van der Waals surface area contributed by atoms with Gasteiger partial charge in [0.15, 0.2) is 5.13 Å². The summed E-state index contributed by atoms with van der Waals surface area (Å²) in [4.78, 5) is 16.9. The first-order chi connectivity index (χ1) is 12.1. The van der Waals surface area contributed by atoms with Crippen LogP contribution in [-0.2, 0) is 4.79 Å². The van der Waals surface area contributed by atoms with Crippen LogP contribution in [0.25, 0.3) is 0 Å². The van der Waals surface area contributed by atoms with Gasteiger partial charge in [0, 0.05) is 16.5 Å². The molecular weight excluding hydrogens is 380 g/mol. The van der Waals surface area contributed by atoms with Crippen LogP contribution in [0.4, 0.5) is 11.1 Å². The Bertz CT molecular complexity index is 856. The Morgan fingerprint density at radius 3 is 3.00 bits per heavy atom. The Morgan fingerprint density at radius 2 is 2.28 bits per heavy atom. The standard InChI is InChI=1S/C13H14N8OS3/c1-8(9-3-2-5-23-9)17-18-11-19-20-13(21(11)14)25-7-10(22)16-12-15-4-6-24-12/h2-6H,7,14H2,1H3,(H,18,19)(H,15,16,22)/b17-8+. The number of hydrazone groups is 1. The molecule has 0 bridgehead atoms. The van der Waals surface area contributed by atoms with Gasteiger partial charge in [0.05, 0.1) is 11.5 Å². The zero-order valence-electron chi connectivity index (χ0n) is 13.0. The number of nitrogens with one attached hydrogen (secondary N) is 2. The number of hydrogen-bond donors (Lipinski definition) is 3. The number of hydrogen-bond acceptors (Lipinski definition) is 10. The molecule has 0 aliphatic carbocycles. The highest BCUT2D eigenvalue weighted by molar-refractivity contribution is 7.99. The number of anilines is 2. The molecule has 3 heterocycles. The molecule has 0 aliphatic rings. The lowest BCUT2D eigenvalue weighted by molar-refractivity contribution is -0.113. The molecule has 1 amide bonds. The lowest BCUT2D eigenvalue weighted by Crippen LogP contribution is -2.17. The maximum atomic E-state index is 11.8. The molecule has 130 valence electrons. The molecule has 0 spiro atoms. The fraction of sp³-hybridized carbons (Fsp3) is 0.154. The van der Waals surface area contributed by atoms with Crippen molar-refractivity contribution in [1.29, 1.82) is 0 Å². The van der Waals surface area contributed by atoms with Gasteiger partial charge in [0.1, 0.15) is 0 Å². The topological polar surface area (TPSA) is 123 Å². The van der Waals surface area contributed by atoms with Crippen molar-refractivity contribution in [3.05, 3.63) is 34.0 Å². The largest absolute Gasteiger partial charge is 0.334 e. The van der Waals surface area contributed by atoms with Crippen LogP contribution in [0.15, 0.2) is 39.3 Å². The predicted molar refractivity (Wildman–Crippen MR) is 102 cm³/mol. The summed E-state index contributed by atoms with van der Waals surface area (Å²) in [6, 6.07) is 3.93. The van der Waals surface area contributed by atoms with E-state index in [4.69, 9.17) is 5.84 Å². The van der Waals surface area contributed by atoms with Crippen molar-refractivity contribution in [3.8, 4) is 0 Å². The maximum Gasteiger partial charge on any atom is 0.264 e. The van der Waals surface area contributed by atoms with E-state index in [0.717, 1.165) is 10.6 Å². The van der Waals surface area contributed by atoms with E-state index in [9.17, 15) is 4.79 Å². The van der Waals surface area contributed by atoms with Gasteiger partial charge in [-0.2, -0.15) is 5.10 Å². The highest BCUT2D eigenvalue weighted by Gasteiger charge is 2.12. The van der Waals surface area contributed by atoms with Gasteiger partial charge >= 0.3 is 0 Å². The Labute approximate surface area is 155 Å². The second-order valence-electron chi connectivity index (χ2n) is 4.64. The van der Waals surface area contributed by atoms with Crippen LogP contribution in [0.5, 0.6) is 0 Å². The highest BCUT2D eigenvalue weighted by Crippen LogP contribution is 2.18. The first-order valence-electron chi connectivity index (χ1n) is 7.00. The molecule has 3 rings (SSSR count). The van der Waals surface area contributed by atoms with Gasteiger partial charge in [0.2, 0.25) is 11.1 Å². The zero-order valence-corrected chi connectivity index (χ0v) is 15.5. The molecule has 0 atom stereocenters. The number of thiophene rings is 1. The first kappa shape index (κ1) is 17.4. The number of amides is 1. The van der Waals surface area contributed by atoms with Crippen molar-refractivity contribution >= 4 is 57.1 Å². The summed E-state index contributed by atoms with van der Waals surface area (Å²) in [6.07, 6.45) is 1.63. The first-order valence-corrected chi connectivity index (χ1v) is 9.75. The molecule has 0 aliphatic heterocycles. The third-order valence-electron chi connectivity index (χ3n) is 2.88. The number of nitrogen functional groups attached to an aromatic ring is 1. The molecule has 0 saturated heterocycles. The van der Waals surface area contributed by atoms with E-state index in [2.05, 4.69) is 31.0 Å². The van der Waals surface area contributed by atoms with Crippen LogP contribution in [0.2, 0.25) is 0 Å². The average molecular weight is 395 g/mol. The molecule has 12 heteroatoms. The van der Waals surface area contributed by atoms with Crippen molar-refractivity contribution in [2.45, 2.75) is 12.1 Å². The summed E-state index contributed by atoms with van der Waals surface area (Å²) >= 11 is 4.12. The molecule has 3 aromatic heterocycles. The Balaban J connectivity index is 1.55. The summed E-state index contributed by atoms with van der Waals surface area (Å²) in [5.74, 6) is 6.18. The van der Waals surface area contributed by atoms with Crippen molar-refractivity contribution in [1.82, 2.24) is 19.9 Å². The number of aromatic nitrogens is 4. The average Bonchev–Trinajstić information content (AvgIpc) is 3.34. The smallest absolute Gasteiger partial charge is 0.264 e. The summed E-state index contributed by atoms with van der Waals surface area (Å²) in [5, 5.41) is 19.5. The zero-order chi connectivity index (χ0) is 17.6. The molecule has 0 saturated carbocycles. The summed E-state index contributed by atoms with van der Waals surface area (Å²) in [7, 11) is 0. The Hall–Kier alpha value is -2.44. The molecule has 0 radical (unpaired) electrons. The van der Waals surface area contributed by atoms with E-state index < -0.39 is 0 Å². The van der Waals surface area contributed by atoms with Gasteiger partial charge in [-0.25, -0.2) is 15.1 Å². The molecule has 0 fully saturated rings. The van der Waals surface area contributed by atoms with Crippen LogP contribution in [0.1, 0.15) is 11.8 Å². The van der Waals surface area contributed by atoms with E-state index in [0.29, 0.717) is 16.2 Å². The van der Waals surface area contributed by atoms with Crippen molar-refractivity contribution in [2.75, 3.05) is 22.3 Å². The summed E-state index contributed by atoms with van der Waals surface area (Å²) in [6.45, 7) is 1.88. The van der Waals surface area contributed by atoms with E-state index in [-0.39, 0.29) is 11.7 Å². The van der Waals surface area contributed by atoms with Gasteiger partial charge in [-0.3, -0.25) is 4.79 Å². The minimum atomic E-state index is -0.191. The third-order valence-corrected chi connectivity index (χ3v) is 5.49. The number of thioether (sulfide) groups is 1. The SMILES string of the molecule is C/C(=N\Nc1nnc(SCC(=O)Nc2nccs2)n1N)c1cccs1. The fourth-order valence-corrected chi connectivity index (χ4v) is 3.57. The number of nitrogens with zero attached hydrogens (tertiary/aromatic N) is 5. The van der Waals surface area contributed by atoms with Gasteiger partial charge in [0.25, 0.3) is 5.95 Å². The van der Waals surface area contributed by atoms with Gasteiger partial charge in [-0.05, 0) is 18.4 Å². The van der Waals surface area contributed by atoms with Gasteiger partial charge in [-0.1, -0.05) is 17.8 Å². The van der Waals surface area contributed by atoms with Crippen molar-refractivity contribution in [3.63, 3.8) is 0 Å². The van der Waals surface area contributed by atoms with E-state index in [1.807, 2.05) is 24.4 Å². The number of rotatable bonds is 7. The lowest BCUT2D eigenvalue weighted by Gasteiger charge is -2.03. The van der Waals surface area contributed by atoms with Crippen molar-refractivity contribution in [2.24, 2.45) is 5.10 Å². The molecule has 0 aromatic carbocycles. The van der Waals surface area contributed by atoms with Crippen LogP contribution < -0.4 is 16.6 Å². The van der Waals surface area contributed by atoms with E-state index in [1.165, 1.54) is 27.8 Å². The normalized spacial score (nSPS) is 11.5. The van der Waals surface area contributed by atoms with Gasteiger partial charge in [-0.15, -0.1) is 32.9 Å². The molecule has 0 unspecified atom stereocenters. The van der Waals surface area contributed by atoms with Crippen LogP contribution in [-0.4, -0.2) is 37.2 Å². The number of nitrogens with two attached hydrogens (primary N) is 1.